The molecule has 122 valence electrons. The van der Waals surface area contributed by atoms with Crippen molar-refractivity contribution in [3.8, 4) is 17.2 Å². The van der Waals surface area contributed by atoms with Gasteiger partial charge in [-0.2, -0.15) is 4.57 Å². The molecule has 23 heavy (non-hydrogen) atoms. The summed E-state index contributed by atoms with van der Waals surface area (Å²) in [7, 11) is 6.07. The fourth-order valence-corrected chi connectivity index (χ4v) is 2.23. The van der Waals surface area contributed by atoms with Gasteiger partial charge in [0.1, 0.15) is 5.75 Å². The van der Waals surface area contributed by atoms with E-state index in [-0.39, 0.29) is 0 Å². The molecule has 0 atom stereocenters. The average molecular weight is 318 g/mol. The molecule has 0 amide bonds. The van der Waals surface area contributed by atoms with Crippen LogP contribution in [0, 0.1) is 0 Å². The SMILES string of the molecule is COC(=O)c1cc(OC)cc[n+]1Cc1ccc(OC)c(OC)c1. The van der Waals surface area contributed by atoms with Crippen molar-refractivity contribution in [2.45, 2.75) is 6.54 Å². The van der Waals surface area contributed by atoms with Gasteiger partial charge < -0.3 is 18.9 Å². The highest BCUT2D eigenvalue weighted by molar-refractivity contribution is 5.85. The lowest BCUT2D eigenvalue weighted by Gasteiger charge is -2.09. The first kappa shape index (κ1) is 16.6. The molecular formula is C17H20NO5+. The Morgan fingerprint density at radius 2 is 1.70 bits per heavy atom. The molecule has 0 bridgehead atoms. The predicted octanol–water partition coefficient (Wildman–Crippen LogP) is 1.83. The number of rotatable bonds is 6. The van der Waals surface area contributed by atoms with E-state index in [1.165, 1.54) is 7.11 Å². The number of carbonyl (C=O) groups is 1. The number of hydrogen-bond donors (Lipinski definition) is 0. The molecule has 6 nitrogen and oxygen atoms in total. The van der Waals surface area contributed by atoms with Crippen LogP contribution in [0.15, 0.2) is 36.5 Å². The summed E-state index contributed by atoms with van der Waals surface area (Å²) >= 11 is 0. The molecule has 0 fully saturated rings. The monoisotopic (exact) mass is 318 g/mol. The van der Waals surface area contributed by atoms with Gasteiger partial charge >= 0.3 is 5.97 Å². The minimum Gasteiger partial charge on any atom is -0.496 e. The van der Waals surface area contributed by atoms with Crippen molar-refractivity contribution < 1.29 is 28.3 Å². The number of methoxy groups -OCH3 is 4. The molecule has 1 aromatic heterocycles. The molecule has 0 aliphatic carbocycles. The lowest BCUT2D eigenvalue weighted by Crippen LogP contribution is -2.41. The van der Waals surface area contributed by atoms with Crippen LogP contribution in [0.4, 0.5) is 0 Å². The third-order valence-corrected chi connectivity index (χ3v) is 3.44. The van der Waals surface area contributed by atoms with Crippen LogP contribution in [-0.4, -0.2) is 34.4 Å². The molecule has 0 aliphatic heterocycles. The largest absolute Gasteiger partial charge is 0.496 e. The Hall–Kier alpha value is -2.76. The van der Waals surface area contributed by atoms with Crippen LogP contribution >= 0.6 is 0 Å². The molecule has 0 unspecified atom stereocenters. The second-order valence-corrected chi connectivity index (χ2v) is 4.76. The fourth-order valence-electron chi connectivity index (χ4n) is 2.23. The number of pyridine rings is 1. The zero-order chi connectivity index (χ0) is 16.8. The molecule has 0 saturated heterocycles. The van der Waals surface area contributed by atoms with Crippen molar-refractivity contribution in [1.29, 1.82) is 0 Å². The minimum atomic E-state index is -0.427. The maximum absolute atomic E-state index is 12.0. The van der Waals surface area contributed by atoms with E-state index >= 15 is 0 Å². The molecule has 2 aromatic rings. The number of esters is 1. The third kappa shape index (κ3) is 3.71. The summed E-state index contributed by atoms with van der Waals surface area (Å²) < 4.78 is 22.3. The maximum atomic E-state index is 12.0. The molecule has 0 spiro atoms. The van der Waals surface area contributed by atoms with E-state index in [0.29, 0.717) is 29.5 Å². The van der Waals surface area contributed by atoms with Gasteiger partial charge in [0.25, 0.3) is 5.69 Å². The van der Waals surface area contributed by atoms with Gasteiger partial charge in [0.05, 0.1) is 34.5 Å². The van der Waals surface area contributed by atoms with Crippen molar-refractivity contribution in [2.24, 2.45) is 0 Å². The second-order valence-electron chi connectivity index (χ2n) is 4.76. The Morgan fingerprint density at radius 1 is 0.957 bits per heavy atom. The Labute approximate surface area is 135 Å². The van der Waals surface area contributed by atoms with Crippen molar-refractivity contribution in [3.63, 3.8) is 0 Å². The number of aromatic nitrogens is 1. The first-order chi connectivity index (χ1) is 11.1. The topological polar surface area (TPSA) is 57.9 Å². The van der Waals surface area contributed by atoms with Crippen molar-refractivity contribution in [2.75, 3.05) is 28.4 Å². The van der Waals surface area contributed by atoms with Crippen LogP contribution in [0.2, 0.25) is 0 Å². The van der Waals surface area contributed by atoms with Crippen molar-refractivity contribution in [3.05, 3.63) is 47.8 Å². The number of ether oxygens (including phenoxy) is 4. The molecule has 0 saturated carbocycles. The molecule has 2 rings (SSSR count). The summed E-state index contributed by atoms with van der Waals surface area (Å²) in [6, 6.07) is 9.05. The van der Waals surface area contributed by atoms with Gasteiger partial charge in [-0.05, 0) is 18.2 Å². The van der Waals surface area contributed by atoms with E-state index in [2.05, 4.69) is 0 Å². The Morgan fingerprint density at radius 3 is 2.30 bits per heavy atom. The number of hydrogen-bond acceptors (Lipinski definition) is 5. The average Bonchev–Trinajstić information content (AvgIpc) is 2.61. The zero-order valence-electron chi connectivity index (χ0n) is 13.7. The summed E-state index contributed by atoms with van der Waals surface area (Å²) in [5, 5.41) is 0. The highest BCUT2D eigenvalue weighted by Gasteiger charge is 2.22. The molecular weight excluding hydrogens is 298 g/mol. The van der Waals surface area contributed by atoms with Crippen molar-refractivity contribution >= 4 is 5.97 Å². The highest BCUT2D eigenvalue weighted by Crippen LogP contribution is 2.27. The highest BCUT2D eigenvalue weighted by atomic mass is 16.5. The summed E-state index contributed by atoms with van der Waals surface area (Å²) in [5.74, 6) is 1.46. The van der Waals surface area contributed by atoms with E-state index in [4.69, 9.17) is 18.9 Å². The first-order valence-corrected chi connectivity index (χ1v) is 6.99. The Bertz CT molecular complexity index is 699. The van der Waals surface area contributed by atoms with Crippen LogP contribution in [0.25, 0.3) is 0 Å². The molecule has 0 N–H and O–H groups in total. The number of benzene rings is 1. The van der Waals surface area contributed by atoms with Crippen LogP contribution in [0.5, 0.6) is 17.2 Å². The lowest BCUT2D eigenvalue weighted by atomic mass is 10.2. The van der Waals surface area contributed by atoms with Crippen LogP contribution < -0.4 is 18.8 Å². The molecule has 0 aliphatic rings. The van der Waals surface area contributed by atoms with Gasteiger partial charge in [-0.25, -0.2) is 4.79 Å². The fraction of sp³-hybridized carbons (Fsp3) is 0.294. The molecule has 1 heterocycles. The summed E-state index contributed by atoms with van der Waals surface area (Å²) in [5.41, 5.74) is 1.37. The van der Waals surface area contributed by atoms with Gasteiger partial charge in [-0.3, -0.25) is 0 Å². The van der Waals surface area contributed by atoms with Gasteiger partial charge in [0.2, 0.25) is 0 Å². The third-order valence-electron chi connectivity index (χ3n) is 3.44. The zero-order valence-corrected chi connectivity index (χ0v) is 13.7. The van der Waals surface area contributed by atoms with E-state index in [0.717, 1.165) is 5.56 Å². The minimum absolute atomic E-state index is 0.404. The van der Waals surface area contributed by atoms with Crippen molar-refractivity contribution in [1.82, 2.24) is 0 Å². The molecule has 6 heteroatoms. The van der Waals surface area contributed by atoms with E-state index in [1.807, 2.05) is 18.2 Å². The van der Waals surface area contributed by atoms with Gasteiger partial charge in [-0.1, -0.05) is 0 Å². The maximum Gasteiger partial charge on any atom is 0.403 e. The Balaban J connectivity index is 2.37. The van der Waals surface area contributed by atoms with Gasteiger partial charge in [0.15, 0.2) is 24.2 Å². The van der Waals surface area contributed by atoms with E-state index in [1.54, 1.807) is 44.2 Å². The molecule has 0 radical (unpaired) electrons. The Kier molecular flexibility index (Phi) is 5.41. The smallest absolute Gasteiger partial charge is 0.403 e. The standard InChI is InChI=1S/C17H20NO5/c1-20-13-7-8-18(14(10-13)17(19)23-4)11-12-5-6-15(21-2)16(9-12)22-3/h5-10H,11H2,1-4H3/q+1. The van der Waals surface area contributed by atoms with Gasteiger partial charge in [0, 0.05) is 11.6 Å². The first-order valence-electron chi connectivity index (χ1n) is 6.99. The number of nitrogens with zero attached hydrogens (tertiary/aromatic N) is 1. The predicted molar refractivity (Wildman–Crippen MR) is 83.2 cm³/mol. The quantitative estimate of drug-likeness (QED) is 0.601. The molecule has 1 aromatic carbocycles. The van der Waals surface area contributed by atoms with E-state index in [9.17, 15) is 4.79 Å². The lowest BCUT2D eigenvalue weighted by molar-refractivity contribution is -0.690. The summed E-state index contributed by atoms with van der Waals surface area (Å²) in [6.45, 7) is 0.481. The summed E-state index contributed by atoms with van der Waals surface area (Å²) in [6.07, 6.45) is 1.78. The normalized spacial score (nSPS) is 10.1. The summed E-state index contributed by atoms with van der Waals surface area (Å²) in [4.78, 5) is 12.0. The van der Waals surface area contributed by atoms with E-state index < -0.39 is 5.97 Å². The van der Waals surface area contributed by atoms with Crippen LogP contribution in [0.3, 0.4) is 0 Å². The second kappa shape index (κ2) is 7.49. The van der Waals surface area contributed by atoms with Crippen LogP contribution in [-0.2, 0) is 11.3 Å². The van der Waals surface area contributed by atoms with Crippen LogP contribution in [0.1, 0.15) is 16.1 Å². The van der Waals surface area contributed by atoms with Gasteiger partial charge in [-0.15, -0.1) is 0 Å². The number of carbonyl (C=O) groups excluding carboxylic acids is 1.